The first kappa shape index (κ1) is 15.3. The van der Waals surface area contributed by atoms with Crippen LogP contribution in [0.15, 0.2) is 0 Å². The van der Waals surface area contributed by atoms with Crippen LogP contribution >= 0.6 is 11.8 Å². The fourth-order valence-corrected chi connectivity index (χ4v) is 3.31. The molecule has 1 aliphatic heterocycles. The number of ether oxygens (including phenoxy) is 1. The number of carbonyl (C=O) groups excluding carboxylic acids is 2. The molecule has 0 aromatic rings. The lowest BCUT2D eigenvalue weighted by Crippen LogP contribution is -2.49. The Morgan fingerprint density at radius 1 is 1.44 bits per heavy atom. The summed E-state index contributed by atoms with van der Waals surface area (Å²) < 4.78 is 4.36. The highest BCUT2D eigenvalue weighted by Gasteiger charge is 2.39. The van der Waals surface area contributed by atoms with E-state index >= 15 is 0 Å². The Balaban J connectivity index is 2.64. The smallest absolute Gasteiger partial charge is 0.328 e. The number of amides is 1. The van der Waals surface area contributed by atoms with Crippen LogP contribution < -0.4 is 5.32 Å². The molecule has 2 unspecified atom stereocenters. The first-order valence-electron chi connectivity index (χ1n) is 6.42. The van der Waals surface area contributed by atoms with Gasteiger partial charge in [-0.25, -0.2) is 4.79 Å². The summed E-state index contributed by atoms with van der Waals surface area (Å²) in [6.45, 7) is 5.99. The minimum absolute atomic E-state index is 0.0407. The van der Waals surface area contributed by atoms with E-state index in [9.17, 15) is 9.59 Å². The number of methoxy groups -OCH3 is 1. The summed E-state index contributed by atoms with van der Waals surface area (Å²) in [5, 5.41) is 2.85. The maximum absolute atomic E-state index is 12.2. The molecule has 104 valence electrons. The molecule has 18 heavy (non-hydrogen) atoms. The number of carbonyl (C=O) groups is 2. The van der Waals surface area contributed by atoms with E-state index in [0.717, 1.165) is 18.6 Å². The van der Waals surface area contributed by atoms with Gasteiger partial charge < -0.3 is 10.1 Å². The highest BCUT2D eigenvalue weighted by molar-refractivity contribution is 8.01. The van der Waals surface area contributed by atoms with Crippen LogP contribution in [0.2, 0.25) is 0 Å². The number of rotatable bonds is 5. The Bertz CT molecular complexity index is 311. The second-order valence-electron chi connectivity index (χ2n) is 5.36. The van der Waals surface area contributed by atoms with Gasteiger partial charge >= 0.3 is 5.97 Å². The van der Waals surface area contributed by atoms with Crippen molar-refractivity contribution in [1.82, 2.24) is 5.32 Å². The molecule has 0 radical (unpaired) electrons. The number of hydrogen-bond acceptors (Lipinski definition) is 4. The van der Waals surface area contributed by atoms with Gasteiger partial charge in [-0.3, -0.25) is 4.79 Å². The second kappa shape index (κ2) is 6.45. The molecule has 1 saturated heterocycles. The van der Waals surface area contributed by atoms with Crippen molar-refractivity contribution in [2.75, 3.05) is 12.9 Å². The minimum atomic E-state index is -0.527. The summed E-state index contributed by atoms with van der Waals surface area (Å²) in [4.78, 5) is 23.9. The average molecular weight is 273 g/mol. The molecule has 1 rings (SSSR count). The molecule has 5 heteroatoms. The molecular weight excluding hydrogens is 250 g/mol. The van der Waals surface area contributed by atoms with Gasteiger partial charge in [0.25, 0.3) is 0 Å². The van der Waals surface area contributed by atoms with E-state index in [1.807, 2.05) is 20.8 Å². The number of hydrogen-bond donors (Lipinski definition) is 1. The molecule has 1 N–H and O–H groups in total. The van der Waals surface area contributed by atoms with Crippen molar-refractivity contribution in [3.05, 3.63) is 0 Å². The number of nitrogens with one attached hydrogen (secondary N) is 1. The summed E-state index contributed by atoms with van der Waals surface area (Å²) in [6, 6.07) is -0.527. The van der Waals surface area contributed by atoms with E-state index in [2.05, 4.69) is 5.32 Å². The topological polar surface area (TPSA) is 55.4 Å². The van der Waals surface area contributed by atoms with Crippen molar-refractivity contribution < 1.29 is 14.3 Å². The highest BCUT2D eigenvalue weighted by Crippen LogP contribution is 2.37. The lowest BCUT2D eigenvalue weighted by molar-refractivity contribution is -0.145. The molecule has 0 aromatic carbocycles. The molecule has 0 aromatic heterocycles. The maximum Gasteiger partial charge on any atom is 0.328 e. The summed E-state index contributed by atoms with van der Waals surface area (Å²) in [7, 11) is 1.36. The van der Waals surface area contributed by atoms with Crippen molar-refractivity contribution in [3.63, 3.8) is 0 Å². The quantitative estimate of drug-likeness (QED) is 0.778. The van der Waals surface area contributed by atoms with E-state index in [-0.39, 0.29) is 16.6 Å². The fraction of sp³-hybridized carbons (Fsp3) is 0.846. The Hall–Kier alpha value is -0.710. The molecule has 0 saturated carbocycles. The average Bonchev–Trinajstić information content (AvgIpc) is 2.75. The predicted octanol–water partition coefficient (Wildman–Crippen LogP) is 1.98. The molecular formula is C13H23NO3S. The van der Waals surface area contributed by atoms with Crippen LogP contribution in [0.1, 0.15) is 40.0 Å². The van der Waals surface area contributed by atoms with Gasteiger partial charge in [0.2, 0.25) is 5.91 Å². The maximum atomic E-state index is 12.2. The van der Waals surface area contributed by atoms with Crippen LogP contribution in [0.4, 0.5) is 0 Å². The highest BCUT2D eigenvalue weighted by atomic mass is 32.2. The van der Waals surface area contributed by atoms with Crippen LogP contribution in [0.5, 0.6) is 0 Å². The van der Waals surface area contributed by atoms with Crippen LogP contribution in [0, 0.1) is 5.92 Å². The zero-order valence-corrected chi connectivity index (χ0v) is 12.4. The van der Waals surface area contributed by atoms with Gasteiger partial charge in [-0.1, -0.05) is 13.8 Å². The Morgan fingerprint density at radius 3 is 2.56 bits per heavy atom. The zero-order chi connectivity index (χ0) is 13.8. The summed E-state index contributed by atoms with van der Waals surface area (Å²) in [6.07, 6.45) is 2.54. The van der Waals surface area contributed by atoms with Crippen molar-refractivity contribution in [3.8, 4) is 0 Å². The third-order valence-corrected chi connectivity index (χ3v) is 4.72. The molecule has 1 heterocycles. The summed E-state index contributed by atoms with van der Waals surface area (Å²) >= 11 is 1.67. The number of esters is 1. The zero-order valence-electron chi connectivity index (χ0n) is 11.6. The molecule has 0 aliphatic carbocycles. The lowest BCUT2D eigenvalue weighted by atomic mass is 10.0. The monoisotopic (exact) mass is 273 g/mol. The molecule has 1 amide bonds. The largest absolute Gasteiger partial charge is 0.467 e. The summed E-state index contributed by atoms with van der Waals surface area (Å²) in [5.74, 6) is 0.944. The number of thioether (sulfide) groups is 1. The predicted molar refractivity (Wildman–Crippen MR) is 73.5 cm³/mol. The SMILES string of the molecule is COC(=O)C(CC(C)C)NC(=O)C1(C)CCCS1. The van der Waals surface area contributed by atoms with Gasteiger partial charge in [0.05, 0.1) is 11.9 Å². The second-order valence-corrected chi connectivity index (χ2v) is 6.96. The van der Waals surface area contributed by atoms with E-state index in [4.69, 9.17) is 4.74 Å². The van der Waals surface area contributed by atoms with Crippen molar-refractivity contribution in [1.29, 1.82) is 0 Å². The van der Waals surface area contributed by atoms with Crippen molar-refractivity contribution in [2.45, 2.75) is 50.8 Å². The molecule has 1 fully saturated rings. The third-order valence-electron chi connectivity index (χ3n) is 3.20. The molecule has 0 bridgehead atoms. The Morgan fingerprint density at radius 2 is 2.11 bits per heavy atom. The van der Waals surface area contributed by atoms with Crippen LogP contribution in [-0.2, 0) is 14.3 Å². The lowest BCUT2D eigenvalue weighted by Gasteiger charge is -2.25. The molecule has 2 atom stereocenters. The molecule has 1 aliphatic rings. The third kappa shape index (κ3) is 3.90. The van der Waals surface area contributed by atoms with Crippen molar-refractivity contribution in [2.24, 2.45) is 5.92 Å². The van der Waals surface area contributed by atoms with E-state index in [0.29, 0.717) is 12.3 Å². The normalized spacial score (nSPS) is 24.9. The summed E-state index contributed by atoms with van der Waals surface area (Å²) in [5.41, 5.74) is 0. The first-order valence-corrected chi connectivity index (χ1v) is 7.40. The van der Waals surface area contributed by atoms with Crippen LogP contribution in [0.3, 0.4) is 0 Å². The van der Waals surface area contributed by atoms with Gasteiger partial charge in [-0.15, -0.1) is 11.8 Å². The first-order chi connectivity index (χ1) is 8.39. The van der Waals surface area contributed by atoms with Gasteiger partial charge in [0.15, 0.2) is 0 Å². The van der Waals surface area contributed by atoms with Gasteiger partial charge in [-0.05, 0) is 37.9 Å². The van der Waals surface area contributed by atoms with Gasteiger partial charge in [0, 0.05) is 0 Å². The van der Waals surface area contributed by atoms with Crippen LogP contribution in [-0.4, -0.2) is 35.5 Å². The van der Waals surface area contributed by atoms with Gasteiger partial charge in [0.1, 0.15) is 6.04 Å². The Kier molecular flexibility index (Phi) is 5.50. The molecule has 4 nitrogen and oxygen atoms in total. The van der Waals surface area contributed by atoms with Crippen molar-refractivity contribution >= 4 is 23.6 Å². The van der Waals surface area contributed by atoms with E-state index < -0.39 is 6.04 Å². The minimum Gasteiger partial charge on any atom is -0.467 e. The standard InChI is InChI=1S/C13H23NO3S/c1-9(2)8-10(11(15)17-4)14-12(16)13(3)6-5-7-18-13/h9-10H,5-8H2,1-4H3,(H,14,16). The van der Waals surface area contributed by atoms with Gasteiger partial charge in [-0.2, -0.15) is 0 Å². The Labute approximate surface area is 113 Å². The molecule has 0 spiro atoms. The fourth-order valence-electron chi connectivity index (χ4n) is 2.10. The van der Waals surface area contributed by atoms with E-state index in [1.54, 1.807) is 11.8 Å². The van der Waals surface area contributed by atoms with Crippen LogP contribution in [0.25, 0.3) is 0 Å². The van der Waals surface area contributed by atoms with E-state index in [1.165, 1.54) is 7.11 Å².